The van der Waals surface area contributed by atoms with Crippen molar-refractivity contribution in [1.29, 1.82) is 0 Å². The second-order valence-corrected chi connectivity index (χ2v) is 5.17. The van der Waals surface area contributed by atoms with Crippen molar-refractivity contribution in [3.05, 3.63) is 53.7 Å². The van der Waals surface area contributed by atoms with E-state index < -0.39 is 6.04 Å². The Hall–Kier alpha value is -2.40. The molecule has 21 heavy (non-hydrogen) atoms. The molecule has 1 amide bonds. The third-order valence-electron chi connectivity index (χ3n) is 3.23. The number of aromatic nitrogens is 1. The van der Waals surface area contributed by atoms with Gasteiger partial charge in [0.25, 0.3) is 0 Å². The molecule has 0 fully saturated rings. The fourth-order valence-corrected chi connectivity index (χ4v) is 1.85. The van der Waals surface area contributed by atoms with Crippen LogP contribution in [0.25, 0.3) is 0 Å². The van der Waals surface area contributed by atoms with Gasteiger partial charge in [-0.3, -0.25) is 4.79 Å². The predicted octanol–water partition coefficient (Wildman–Crippen LogP) is 2.09. The molecule has 1 aromatic carbocycles. The highest BCUT2D eigenvalue weighted by Crippen LogP contribution is 2.15. The largest absolute Gasteiger partial charge is 0.376 e. The van der Waals surface area contributed by atoms with Gasteiger partial charge in [-0.2, -0.15) is 0 Å². The van der Waals surface area contributed by atoms with Gasteiger partial charge in [0.2, 0.25) is 5.91 Å². The Morgan fingerprint density at radius 3 is 2.38 bits per heavy atom. The summed E-state index contributed by atoms with van der Waals surface area (Å²) in [7, 11) is 3.87. The molecule has 0 aliphatic rings. The molecule has 0 saturated carbocycles. The van der Waals surface area contributed by atoms with Crippen LogP contribution < -0.4 is 16.0 Å². The van der Waals surface area contributed by atoms with Gasteiger partial charge in [-0.1, -0.05) is 29.8 Å². The summed E-state index contributed by atoms with van der Waals surface area (Å²) in [6, 6.07) is 10.5. The molecule has 2 rings (SSSR count). The third kappa shape index (κ3) is 3.79. The van der Waals surface area contributed by atoms with Gasteiger partial charge in [0.05, 0.1) is 11.9 Å². The van der Waals surface area contributed by atoms with E-state index in [1.807, 2.05) is 56.3 Å². The first kappa shape index (κ1) is 15.0. The van der Waals surface area contributed by atoms with Crippen LogP contribution in [-0.4, -0.2) is 25.0 Å². The van der Waals surface area contributed by atoms with Gasteiger partial charge in [0, 0.05) is 14.1 Å². The lowest BCUT2D eigenvalue weighted by Gasteiger charge is -2.14. The number of nitrogens with two attached hydrogens (primary N) is 1. The molecule has 110 valence electrons. The molecule has 2 aromatic rings. The van der Waals surface area contributed by atoms with Crippen LogP contribution in [0.5, 0.6) is 0 Å². The Labute approximate surface area is 124 Å². The Kier molecular flexibility index (Phi) is 4.55. The van der Waals surface area contributed by atoms with Crippen LogP contribution in [0.3, 0.4) is 0 Å². The first-order chi connectivity index (χ1) is 9.97. The van der Waals surface area contributed by atoms with Gasteiger partial charge in [-0.15, -0.1) is 0 Å². The van der Waals surface area contributed by atoms with Crippen LogP contribution in [0.1, 0.15) is 17.2 Å². The number of nitrogens with one attached hydrogen (secondary N) is 1. The molecule has 1 heterocycles. The van der Waals surface area contributed by atoms with Crippen LogP contribution in [0.15, 0.2) is 42.6 Å². The predicted molar refractivity (Wildman–Crippen MR) is 85.3 cm³/mol. The van der Waals surface area contributed by atoms with Crippen molar-refractivity contribution in [1.82, 2.24) is 4.98 Å². The summed E-state index contributed by atoms with van der Waals surface area (Å²) < 4.78 is 0. The lowest BCUT2D eigenvalue weighted by atomic mass is 10.1. The fraction of sp³-hybridized carbons (Fsp3) is 0.250. The number of amides is 1. The van der Waals surface area contributed by atoms with Gasteiger partial charge in [-0.25, -0.2) is 4.98 Å². The van der Waals surface area contributed by atoms with Crippen LogP contribution in [-0.2, 0) is 4.79 Å². The minimum atomic E-state index is -0.707. The molecule has 3 N–H and O–H groups in total. The number of carbonyl (C=O) groups excluding carboxylic acids is 1. The summed E-state index contributed by atoms with van der Waals surface area (Å²) in [5.74, 6) is 0.220. The first-order valence-electron chi connectivity index (χ1n) is 6.74. The maximum absolute atomic E-state index is 12.1. The van der Waals surface area contributed by atoms with Crippen molar-refractivity contribution < 1.29 is 4.79 Å². The minimum absolute atomic E-state index is 0.274. The molecule has 0 bridgehead atoms. The zero-order valence-electron chi connectivity index (χ0n) is 12.5. The summed E-state index contributed by atoms with van der Waals surface area (Å²) in [6.07, 6.45) is 1.70. The molecule has 1 atom stereocenters. The van der Waals surface area contributed by atoms with E-state index in [0.29, 0.717) is 5.82 Å². The van der Waals surface area contributed by atoms with Crippen molar-refractivity contribution in [2.75, 3.05) is 24.3 Å². The first-order valence-corrected chi connectivity index (χ1v) is 6.74. The number of hydrogen-bond donors (Lipinski definition) is 2. The zero-order chi connectivity index (χ0) is 15.4. The number of carbonyl (C=O) groups is 1. The van der Waals surface area contributed by atoms with Crippen LogP contribution in [0.2, 0.25) is 0 Å². The average Bonchev–Trinajstić information content (AvgIpc) is 2.47. The van der Waals surface area contributed by atoms with E-state index >= 15 is 0 Å². The number of hydrogen-bond acceptors (Lipinski definition) is 4. The van der Waals surface area contributed by atoms with E-state index in [2.05, 4.69) is 10.3 Å². The van der Waals surface area contributed by atoms with E-state index in [1.54, 1.807) is 12.3 Å². The lowest BCUT2D eigenvalue weighted by molar-refractivity contribution is -0.117. The summed E-state index contributed by atoms with van der Waals surface area (Å²) in [6.45, 7) is 1.99. The monoisotopic (exact) mass is 284 g/mol. The Balaban J connectivity index is 2.05. The van der Waals surface area contributed by atoms with Crippen LogP contribution >= 0.6 is 0 Å². The van der Waals surface area contributed by atoms with Gasteiger partial charge < -0.3 is 16.0 Å². The molecule has 0 aliphatic heterocycles. The molecule has 1 unspecified atom stereocenters. The normalized spacial score (nSPS) is 11.8. The number of anilines is 2. The maximum Gasteiger partial charge on any atom is 0.247 e. The Bertz CT molecular complexity index is 605. The highest BCUT2D eigenvalue weighted by atomic mass is 16.2. The van der Waals surface area contributed by atoms with Crippen molar-refractivity contribution in [2.45, 2.75) is 13.0 Å². The lowest BCUT2D eigenvalue weighted by Crippen LogP contribution is -2.28. The number of pyridine rings is 1. The van der Waals surface area contributed by atoms with Crippen molar-refractivity contribution >= 4 is 17.4 Å². The molecule has 0 radical (unpaired) electrons. The van der Waals surface area contributed by atoms with Gasteiger partial charge in [-0.05, 0) is 24.6 Å². The van der Waals surface area contributed by atoms with E-state index in [9.17, 15) is 4.79 Å². The van der Waals surface area contributed by atoms with E-state index in [4.69, 9.17) is 5.73 Å². The van der Waals surface area contributed by atoms with E-state index in [0.717, 1.165) is 16.8 Å². The quantitative estimate of drug-likeness (QED) is 0.902. The molecule has 1 aromatic heterocycles. The molecular formula is C16H20N4O. The smallest absolute Gasteiger partial charge is 0.247 e. The van der Waals surface area contributed by atoms with E-state index in [-0.39, 0.29) is 5.91 Å². The summed E-state index contributed by atoms with van der Waals surface area (Å²) in [4.78, 5) is 18.3. The zero-order valence-corrected chi connectivity index (χ0v) is 12.5. The number of rotatable bonds is 4. The van der Waals surface area contributed by atoms with Gasteiger partial charge in [0.15, 0.2) is 0 Å². The maximum atomic E-state index is 12.1. The van der Waals surface area contributed by atoms with Crippen molar-refractivity contribution in [2.24, 2.45) is 5.73 Å². The standard InChI is InChI=1S/C16H20N4O/c1-11-4-6-12(7-5-11)15(17)16(21)19-14-9-8-13(10-18-14)20(2)3/h4-10,15H,17H2,1-3H3,(H,18,19,21). The topological polar surface area (TPSA) is 71.2 Å². The SMILES string of the molecule is Cc1ccc(C(N)C(=O)Nc2ccc(N(C)C)cn2)cc1. The Morgan fingerprint density at radius 1 is 1.19 bits per heavy atom. The second-order valence-electron chi connectivity index (χ2n) is 5.17. The fourth-order valence-electron chi connectivity index (χ4n) is 1.85. The third-order valence-corrected chi connectivity index (χ3v) is 3.23. The molecule has 0 aliphatic carbocycles. The molecule has 0 saturated heterocycles. The number of nitrogens with zero attached hydrogens (tertiary/aromatic N) is 2. The van der Waals surface area contributed by atoms with Crippen molar-refractivity contribution in [3.8, 4) is 0 Å². The molecule has 0 spiro atoms. The summed E-state index contributed by atoms with van der Waals surface area (Å²) >= 11 is 0. The molecule has 5 nitrogen and oxygen atoms in total. The molecular weight excluding hydrogens is 264 g/mol. The minimum Gasteiger partial charge on any atom is -0.376 e. The van der Waals surface area contributed by atoms with Crippen LogP contribution in [0.4, 0.5) is 11.5 Å². The number of aryl methyl sites for hydroxylation is 1. The summed E-state index contributed by atoms with van der Waals surface area (Å²) in [5.41, 5.74) is 8.85. The second kappa shape index (κ2) is 6.37. The number of benzene rings is 1. The van der Waals surface area contributed by atoms with Gasteiger partial charge >= 0.3 is 0 Å². The van der Waals surface area contributed by atoms with Crippen molar-refractivity contribution in [3.63, 3.8) is 0 Å². The highest BCUT2D eigenvalue weighted by molar-refractivity contribution is 5.94. The average molecular weight is 284 g/mol. The Morgan fingerprint density at radius 2 is 1.86 bits per heavy atom. The highest BCUT2D eigenvalue weighted by Gasteiger charge is 2.16. The van der Waals surface area contributed by atoms with E-state index in [1.165, 1.54) is 0 Å². The summed E-state index contributed by atoms with van der Waals surface area (Å²) in [5, 5.41) is 2.73. The molecule has 5 heteroatoms. The van der Waals surface area contributed by atoms with Gasteiger partial charge in [0.1, 0.15) is 11.9 Å². The van der Waals surface area contributed by atoms with Crippen LogP contribution in [0, 0.1) is 6.92 Å².